The number of carbonyl (C=O) groups excluding carboxylic acids is 1. The third kappa shape index (κ3) is 2.38. The molecule has 1 fully saturated rings. The number of rotatable bonds is 1. The predicted molar refractivity (Wildman–Crippen MR) is 55.7 cm³/mol. The molecule has 0 spiro atoms. The molecule has 1 rings (SSSR count). The molecule has 0 saturated carbocycles. The standard InChI is InChI=1S/C9H13BrN2O/c1-7(4-3-5-10)8-6-11-9(13)12(8)2/h7-8H,5-6H2,1-2H3,(H,11,13). The maximum Gasteiger partial charge on any atom is 0.317 e. The number of likely N-dealkylation sites (N-methyl/N-ethyl adjacent to an activating group) is 1. The minimum Gasteiger partial charge on any atom is -0.336 e. The maximum atomic E-state index is 11.1. The van der Waals surface area contributed by atoms with Gasteiger partial charge in [-0.15, -0.1) is 0 Å². The van der Waals surface area contributed by atoms with Crippen LogP contribution in [0.3, 0.4) is 0 Å². The van der Waals surface area contributed by atoms with Crippen LogP contribution in [0.25, 0.3) is 0 Å². The van der Waals surface area contributed by atoms with Crippen molar-refractivity contribution in [2.75, 3.05) is 18.9 Å². The van der Waals surface area contributed by atoms with Crippen LogP contribution in [0.15, 0.2) is 0 Å². The van der Waals surface area contributed by atoms with E-state index < -0.39 is 0 Å². The van der Waals surface area contributed by atoms with E-state index in [0.717, 1.165) is 0 Å². The third-order valence-electron chi connectivity index (χ3n) is 2.25. The monoisotopic (exact) mass is 244 g/mol. The lowest BCUT2D eigenvalue weighted by molar-refractivity contribution is 0.210. The van der Waals surface area contributed by atoms with E-state index >= 15 is 0 Å². The fraction of sp³-hybridized carbons (Fsp3) is 0.667. The molecule has 72 valence electrons. The summed E-state index contributed by atoms with van der Waals surface area (Å²) >= 11 is 3.24. The van der Waals surface area contributed by atoms with Gasteiger partial charge in [0.25, 0.3) is 0 Å². The summed E-state index contributed by atoms with van der Waals surface area (Å²) in [7, 11) is 1.80. The summed E-state index contributed by atoms with van der Waals surface area (Å²) in [5.74, 6) is 6.28. The number of nitrogens with one attached hydrogen (secondary N) is 1. The van der Waals surface area contributed by atoms with Crippen molar-refractivity contribution in [3.05, 3.63) is 0 Å². The average molecular weight is 245 g/mol. The number of hydrogen-bond acceptors (Lipinski definition) is 1. The van der Waals surface area contributed by atoms with Crippen LogP contribution in [0.1, 0.15) is 6.92 Å². The van der Waals surface area contributed by atoms with Gasteiger partial charge in [-0.3, -0.25) is 0 Å². The summed E-state index contributed by atoms with van der Waals surface area (Å²) in [5.41, 5.74) is 0. The first-order valence-electron chi connectivity index (χ1n) is 4.22. The quantitative estimate of drug-likeness (QED) is 0.543. The number of amides is 2. The molecule has 13 heavy (non-hydrogen) atoms. The molecular weight excluding hydrogens is 232 g/mol. The van der Waals surface area contributed by atoms with Crippen LogP contribution < -0.4 is 5.32 Å². The molecule has 0 radical (unpaired) electrons. The molecule has 1 saturated heterocycles. The molecule has 0 aromatic heterocycles. The van der Waals surface area contributed by atoms with Gasteiger partial charge in [0.1, 0.15) is 0 Å². The largest absolute Gasteiger partial charge is 0.336 e. The molecule has 1 aliphatic rings. The van der Waals surface area contributed by atoms with Crippen LogP contribution in [0.4, 0.5) is 4.79 Å². The smallest absolute Gasteiger partial charge is 0.317 e. The van der Waals surface area contributed by atoms with Gasteiger partial charge in [-0.2, -0.15) is 0 Å². The van der Waals surface area contributed by atoms with E-state index in [4.69, 9.17) is 0 Å². The molecule has 1 N–H and O–H groups in total. The number of nitrogens with zero attached hydrogens (tertiary/aromatic N) is 1. The molecular formula is C9H13BrN2O. The summed E-state index contributed by atoms with van der Waals surface area (Å²) in [6.07, 6.45) is 0. The Morgan fingerprint density at radius 1 is 1.85 bits per heavy atom. The van der Waals surface area contributed by atoms with Gasteiger partial charge in [-0.1, -0.05) is 27.8 Å². The molecule has 1 aliphatic heterocycles. The summed E-state index contributed by atoms with van der Waals surface area (Å²) in [4.78, 5) is 12.8. The second-order valence-corrected chi connectivity index (χ2v) is 3.67. The van der Waals surface area contributed by atoms with Crippen LogP contribution in [-0.4, -0.2) is 35.9 Å². The molecule has 1 heterocycles. The van der Waals surface area contributed by atoms with E-state index in [0.29, 0.717) is 11.9 Å². The van der Waals surface area contributed by atoms with Gasteiger partial charge in [0.2, 0.25) is 0 Å². The first kappa shape index (κ1) is 10.4. The summed E-state index contributed by atoms with van der Waals surface area (Å²) in [5, 5.41) is 3.47. The van der Waals surface area contributed by atoms with E-state index in [1.807, 2.05) is 6.92 Å². The summed E-state index contributed by atoms with van der Waals surface area (Å²) in [6.45, 7) is 2.74. The van der Waals surface area contributed by atoms with E-state index in [9.17, 15) is 4.79 Å². The molecule has 4 heteroatoms. The molecule has 0 bridgehead atoms. The van der Waals surface area contributed by atoms with Crippen molar-refractivity contribution < 1.29 is 4.79 Å². The number of carbonyl (C=O) groups is 1. The van der Waals surface area contributed by atoms with Gasteiger partial charge < -0.3 is 10.2 Å². The Labute approximate surface area is 87.0 Å². The van der Waals surface area contributed by atoms with Gasteiger partial charge in [-0.25, -0.2) is 4.79 Å². The highest BCUT2D eigenvalue weighted by atomic mass is 79.9. The van der Waals surface area contributed by atoms with Crippen LogP contribution >= 0.6 is 15.9 Å². The molecule has 2 amide bonds. The Morgan fingerprint density at radius 2 is 2.54 bits per heavy atom. The second-order valence-electron chi connectivity index (χ2n) is 3.11. The zero-order chi connectivity index (χ0) is 9.84. The molecule has 0 aliphatic carbocycles. The van der Waals surface area contributed by atoms with E-state index in [1.165, 1.54) is 0 Å². The Kier molecular flexibility index (Phi) is 3.61. The lowest BCUT2D eigenvalue weighted by Crippen LogP contribution is -2.34. The van der Waals surface area contributed by atoms with Crippen LogP contribution in [0.5, 0.6) is 0 Å². The van der Waals surface area contributed by atoms with E-state index in [2.05, 4.69) is 33.1 Å². The fourth-order valence-electron chi connectivity index (χ4n) is 1.41. The second kappa shape index (κ2) is 4.52. The number of hydrogen-bond donors (Lipinski definition) is 1. The van der Waals surface area contributed by atoms with E-state index in [-0.39, 0.29) is 18.0 Å². The highest BCUT2D eigenvalue weighted by molar-refractivity contribution is 9.09. The summed E-state index contributed by atoms with van der Waals surface area (Å²) in [6, 6.07) is 0.205. The normalized spacial score (nSPS) is 23.5. The van der Waals surface area contributed by atoms with Crippen molar-refractivity contribution in [3.8, 4) is 11.8 Å². The minimum absolute atomic E-state index is 0.00232. The first-order chi connectivity index (χ1) is 6.16. The van der Waals surface area contributed by atoms with Crippen LogP contribution in [-0.2, 0) is 0 Å². The zero-order valence-corrected chi connectivity index (χ0v) is 9.39. The number of alkyl halides is 1. The molecule has 2 unspecified atom stereocenters. The molecule has 0 aromatic rings. The summed E-state index contributed by atoms with van der Waals surface area (Å²) < 4.78 is 0. The topological polar surface area (TPSA) is 32.3 Å². The van der Waals surface area contributed by atoms with Gasteiger partial charge >= 0.3 is 6.03 Å². The van der Waals surface area contributed by atoms with E-state index in [1.54, 1.807) is 11.9 Å². The maximum absolute atomic E-state index is 11.1. The number of halogens is 1. The Bertz CT molecular complexity index is 256. The minimum atomic E-state index is -0.00232. The van der Waals surface area contributed by atoms with Crippen molar-refractivity contribution >= 4 is 22.0 Å². The predicted octanol–water partition coefficient (Wildman–Crippen LogP) is 1.04. The lowest BCUT2D eigenvalue weighted by Gasteiger charge is -2.20. The van der Waals surface area contributed by atoms with Gasteiger partial charge in [-0.05, 0) is 6.92 Å². The van der Waals surface area contributed by atoms with Crippen molar-refractivity contribution in [2.45, 2.75) is 13.0 Å². The van der Waals surface area contributed by atoms with Crippen LogP contribution in [0.2, 0.25) is 0 Å². The first-order valence-corrected chi connectivity index (χ1v) is 5.34. The Balaban J connectivity index is 2.57. The van der Waals surface area contributed by atoms with Crippen molar-refractivity contribution in [2.24, 2.45) is 5.92 Å². The van der Waals surface area contributed by atoms with Gasteiger partial charge in [0.15, 0.2) is 0 Å². The molecule has 0 aromatic carbocycles. The fourth-order valence-corrected chi connectivity index (χ4v) is 1.57. The average Bonchev–Trinajstić information content (AvgIpc) is 2.44. The Morgan fingerprint density at radius 3 is 3.00 bits per heavy atom. The highest BCUT2D eigenvalue weighted by Gasteiger charge is 2.30. The van der Waals surface area contributed by atoms with Crippen molar-refractivity contribution in [1.82, 2.24) is 10.2 Å². The molecule has 2 atom stereocenters. The van der Waals surface area contributed by atoms with Crippen LogP contribution in [0, 0.1) is 17.8 Å². The highest BCUT2D eigenvalue weighted by Crippen LogP contribution is 2.12. The molecule has 3 nitrogen and oxygen atoms in total. The Hall–Kier alpha value is -0.690. The third-order valence-corrected chi connectivity index (χ3v) is 2.53. The number of urea groups is 1. The lowest BCUT2D eigenvalue weighted by atomic mass is 10.0. The van der Waals surface area contributed by atoms with Gasteiger partial charge in [0, 0.05) is 19.5 Å². The van der Waals surface area contributed by atoms with Crippen molar-refractivity contribution in [1.29, 1.82) is 0 Å². The SMILES string of the molecule is CC(C#CCBr)C1CNC(=O)N1C. The van der Waals surface area contributed by atoms with Crippen molar-refractivity contribution in [3.63, 3.8) is 0 Å². The zero-order valence-electron chi connectivity index (χ0n) is 7.80. The van der Waals surface area contributed by atoms with Gasteiger partial charge in [0.05, 0.1) is 11.4 Å².